The lowest BCUT2D eigenvalue weighted by molar-refractivity contribution is 0.0571. The third kappa shape index (κ3) is 2.14. The second-order valence-electron chi connectivity index (χ2n) is 6.14. The van der Waals surface area contributed by atoms with Crippen LogP contribution in [-0.2, 0) is 0 Å². The molecule has 2 aliphatic carbocycles. The summed E-state index contributed by atoms with van der Waals surface area (Å²) in [6, 6.07) is 10.2. The van der Waals surface area contributed by atoms with Crippen LogP contribution in [0.2, 0.25) is 0 Å². The molecular weight excluding hydrogens is 246 g/mol. The molecule has 1 unspecified atom stereocenters. The van der Waals surface area contributed by atoms with E-state index < -0.39 is 0 Å². The summed E-state index contributed by atoms with van der Waals surface area (Å²) >= 11 is 0. The summed E-state index contributed by atoms with van der Waals surface area (Å²) in [5.41, 5.74) is 2.41. The van der Waals surface area contributed by atoms with Gasteiger partial charge in [0.2, 0.25) is 0 Å². The van der Waals surface area contributed by atoms with E-state index in [2.05, 4.69) is 17.5 Å². The zero-order chi connectivity index (χ0) is 14.0. The predicted molar refractivity (Wildman–Crippen MR) is 78.0 cm³/mol. The van der Waals surface area contributed by atoms with Crippen LogP contribution in [0.3, 0.4) is 0 Å². The van der Waals surface area contributed by atoms with Gasteiger partial charge in [-0.3, -0.25) is 0 Å². The van der Waals surface area contributed by atoms with Gasteiger partial charge in [0.1, 0.15) is 12.1 Å². The number of rotatable bonds is 2. The van der Waals surface area contributed by atoms with E-state index in [1.807, 2.05) is 12.1 Å². The molecule has 1 aromatic carbocycles. The predicted octanol–water partition coefficient (Wildman–Crippen LogP) is 3.95. The van der Waals surface area contributed by atoms with Crippen LogP contribution in [0.4, 0.5) is 5.69 Å². The first-order valence-electron chi connectivity index (χ1n) is 7.48. The van der Waals surface area contributed by atoms with Crippen LogP contribution in [0.1, 0.15) is 56.1 Å². The molecule has 0 aromatic heterocycles. The van der Waals surface area contributed by atoms with Gasteiger partial charge in [0.25, 0.3) is 0 Å². The summed E-state index contributed by atoms with van der Waals surface area (Å²) < 4.78 is 0. The van der Waals surface area contributed by atoms with Crippen LogP contribution in [0.5, 0.6) is 0 Å². The molecule has 1 atom stereocenters. The second kappa shape index (κ2) is 5.17. The van der Waals surface area contributed by atoms with E-state index in [0.29, 0.717) is 22.6 Å². The molecule has 2 fully saturated rings. The van der Waals surface area contributed by atoms with Gasteiger partial charge in [-0.15, -0.1) is 0 Å². The highest BCUT2D eigenvalue weighted by molar-refractivity contribution is 5.57. The summed E-state index contributed by atoms with van der Waals surface area (Å²) in [4.78, 5) is 0. The van der Waals surface area contributed by atoms with E-state index >= 15 is 0 Å². The van der Waals surface area contributed by atoms with E-state index in [1.54, 1.807) is 6.07 Å². The average molecular weight is 265 g/mol. The molecule has 2 aliphatic rings. The zero-order valence-electron chi connectivity index (χ0n) is 11.7. The van der Waals surface area contributed by atoms with Crippen molar-refractivity contribution in [3.8, 4) is 12.1 Å². The van der Waals surface area contributed by atoms with Crippen LogP contribution >= 0.6 is 0 Å². The Morgan fingerprint density at radius 1 is 1.00 bits per heavy atom. The fourth-order valence-corrected chi connectivity index (χ4v) is 3.80. The highest BCUT2D eigenvalue weighted by atomic mass is 15.0. The van der Waals surface area contributed by atoms with Crippen molar-refractivity contribution in [3.05, 3.63) is 29.3 Å². The Balaban J connectivity index is 1.76. The Labute approximate surface area is 120 Å². The normalized spacial score (nSPS) is 23.4. The summed E-state index contributed by atoms with van der Waals surface area (Å²) in [6.45, 7) is 0. The van der Waals surface area contributed by atoms with Crippen LogP contribution in [0.25, 0.3) is 0 Å². The van der Waals surface area contributed by atoms with Crippen LogP contribution < -0.4 is 5.32 Å². The van der Waals surface area contributed by atoms with Crippen molar-refractivity contribution in [2.45, 2.75) is 51.0 Å². The zero-order valence-corrected chi connectivity index (χ0v) is 11.7. The third-order valence-corrected chi connectivity index (χ3v) is 5.12. The fraction of sp³-hybridized carbons (Fsp3) is 0.529. The van der Waals surface area contributed by atoms with Crippen molar-refractivity contribution in [3.63, 3.8) is 0 Å². The number of nitrogens with zero attached hydrogens (tertiary/aromatic N) is 2. The Bertz CT molecular complexity index is 585. The van der Waals surface area contributed by atoms with Crippen LogP contribution in [0, 0.1) is 28.1 Å². The average Bonchev–Trinajstić information content (AvgIpc) is 2.52. The Morgan fingerprint density at radius 3 is 2.35 bits per heavy atom. The van der Waals surface area contributed by atoms with E-state index in [-0.39, 0.29) is 0 Å². The molecule has 1 aromatic rings. The molecule has 0 aliphatic heterocycles. The van der Waals surface area contributed by atoms with Crippen molar-refractivity contribution in [1.82, 2.24) is 0 Å². The summed E-state index contributed by atoms with van der Waals surface area (Å²) in [5, 5.41) is 21.7. The van der Waals surface area contributed by atoms with Gasteiger partial charge < -0.3 is 5.32 Å². The van der Waals surface area contributed by atoms with Crippen molar-refractivity contribution < 1.29 is 0 Å². The number of hydrogen-bond acceptors (Lipinski definition) is 3. The molecule has 0 bridgehead atoms. The smallest absolute Gasteiger partial charge is 0.101 e. The molecule has 3 heteroatoms. The monoisotopic (exact) mass is 265 g/mol. The third-order valence-electron chi connectivity index (χ3n) is 5.12. The Hall–Kier alpha value is -2.00. The topological polar surface area (TPSA) is 59.6 Å². The van der Waals surface area contributed by atoms with Crippen molar-refractivity contribution in [2.75, 3.05) is 5.32 Å². The maximum atomic E-state index is 9.09. The van der Waals surface area contributed by atoms with E-state index in [1.165, 1.54) is 44.9 Å². The van der Waals surface area contributed by atoms with Gasteiger partial charge in [-0.2, -0.15) is 10.5 Å². The van der Waals surface area contributed by atoms with E-state index in [4.69, 9.17) is 10.5 Å². The molecule has 20 heavy (non-hydrogen) atoms. The lowest BCUT2D eigenvalue weighted by Crippen LogP contribution is -2.50. The second-order valence-corrected chi connectivity index (χ2v) is 6.14. The van der Waals surface area contributed by atoms with E-state index in [9.17, 15) is 0 Å². The highest BCUT2D eigenvalue weighted by Crippen LogP contribution is 2.52. The molecule has 1 spiro atoms. The quantitative estimate of drug-likeness (QED) is 0.880. The van der Waals surface area contributed by atoms with Gasteiger partial charge in [-0.1, -0.05) is 19.3 Å². The first-order chi connectivity index (χ1) is 9.77. The Morgan fingerprint density at radius 2 is 1.75 bits per heavy atom. The van der Waals surface area contributed by atoms with Crippen molar-refractivity contribution in [1.29, 1.82) is 10.5 Å². The number of nitriles is 2. The standard InChI is InChI=1S/C17H19N3/c18-11-13-4-5-15(10-14(13)12-19)20-16-6-9-17(16)7-2-1-3-8-17/h4-5,10,16,20H,1-3,6-9H2. The van der Waals surface area contributed by atoms with Gasteiger partial charge in [0, 0.05) is 11.7 Å². The van der Waals surface area contributed by atoms with E-state index in [0.717, 1.165) is 5.69 Å². The van der Waals surface area contributed by atoms with Gasteiger partial charge in [-0.05, 0) is 49.3 Å². The lowest BCUT2D eigenvalue weighted by atomic mass is 9.57. The van der Waals surface area contributed by atoms with Crippen molar-refractivity contribution >= 4 is 5.69 Å². The van der Waals surface area contributed by atoms with Gasteiger partial charge >= 0.3 is 0 Å². The first-order valence-corrected chi connectivity index (χ1v) is 7.48. The largest absolute Gasteiger partial charge is 0.382 e. The van der Waals surface area contributed by atoms with Crippen LogP contribution in [-0.4, -0.2) is 6.04 Å². The molecule has 0 amide bonds. The van der Waals surface area contributed by atoms with Crippen molar-refractivity contribution in [2.24, 2.45) is 5.41 Å². The number of nitrogens with one attached hydrogen (secondary N) is 1. The Kier molecular flexibility index (Phi) is 3.36. The molecule has 0 heterocycles. The maximum absolute atomic E-state index is 9.09. The number of hydrogen-bond donors (Lipinski definition) is 1. The molecule has 0 radical (unpaired) electrons. The minimum atomic E-state index is 0.457. The molecule has 102 valence electrons. The summed E-state index contributed by atoms with van der Waals surface area (Å²) in [5.74, 6) is 0. The molecule has 3 nitrogen and oxygen atoms in total. The van der Waals surface area contributed by atoms with Gasteiger partial charge in [0.05, 0.1) is 11.1 Å². The SMILES string of the molecule is N#Cc1ccc(NC2CCC23CCCCC3)cc1C#N. The molecule has 3 rings (SSSR count). The highest BCUT2D eigenvalue weighted by Gasteiger charge is 2.46. The number of benzene rings is 1. The van der Waals surface area contributed by atoms with Gasteiger partial charge in [0.15, 0.2) is 0 Å². The number of anilines is 1. The fourth-order valence-electron chi connectivity index (χ4n) is 3.80. The van der Waals surface area contributed by atoms with Gasteiger partial charge in [-0.25, -0.2) is 0 Å². The summed E-state index contributed by atoms with van der Waals surface area (Å²) in [7, 11) is 0. The molecule has 0 saturated heterocycles. The maximum Gasteiger partial charge on any atom is 0.101 e. The molecule has 1 N–H and O–H groups in total. The molecular formula is C17H19N3. The van der Waals surface area contributed by atoms with Crippen LogP contribution in [0.15, 0.2) is 18.2 Å². The summed E-state index contributed by atoms with van der Waals surface area (Å²) in [6.07, 6.45) is 9.33. The minimum Gasteiger partial charge on any atom is -0.382 e. The lowest BCUT2D eigenvalue weighted by Gasteiger charge is -2.52. The molecule has 2 saturated carbocycles. The first kappa shape index (κ1) is 13.0. The minimum absolute atomic E-state index is 0.457.